The molecule has 5 nitrogen and oxygen atoms in total. The van der Waals surface area contributed by atoms with E-state index in [4.69, 9.17) is 4.74 Å². The van der Waals surface area contributed by atoms with E-state index in [1.54, 1.807) is 13.2 Å². The van der Waals surface area contributed by atoms with Gasteiger partial charge in [-0.05, 0) is 44.0 Å². The number of aryl methyl sites for hydroxylation is 2. The Morgan fingerprint density at radius 3 is 2.56 bits per heavy atom. The van der Waals surface area contributed by atoms with Crippen LogP contribution in [-0.2, 0) is 13.1 Å². The van der Waals surface area contributed by atoms with Crippen LogP contribution in [0.25, 0.3) is 0 Å². The molecule has 0 unspecified atom stereocenters. The molecule has 1 heterocycles. The molecule has 2 aromatic carbocycles. The fraction of sp³-hybridized carbons (Fsp3) is 0.273. The molecule has 0 bridgehead atoms. The van der Waals surface area contributed by atoms with Gasteiger partial charge in [-0.1, -0.05) is 36.4 Å². The first-order valence-electron chi connectivity index (χ1n) is 8.99. The Morgan fingerprint density at radius 2 is 1.85 bits per heavy atom. The number of rotatable bonds is 6. The molecule has 0 aliphatic carbocycles. The highest BCUT2D eigenvalue weighted by Gasteiger charge is 2.14. The van der Waals surface area contributed by atoms with Gasteiger partial charge in [0.15, 0.2) is 0 Å². The number of carbonyl (C=O) groups is 1. The van der Waals surface area contributed by atoms with Gasteiger partial charge in [-0.2, -0.15) is 5.10 Å². The zero-order valence-electron chi connectivity index (χ0n) is 16.2. The van der Waals surface area contributed by atoms with Crippen molar-refractivity contribution in [3.63, 3.8) is 0 Å². The Hall–Kier alpha value is -3.08. The summed E-state index contributed by atoms with van der Waals surface area (Å²) in [5.41, 5.74) is 5.85. The van der Waals surface area contributed by atoms with E-state index in [0.717, 1.165) is 29.1 Å². The van der Waals surface area contributed by atoms with Gasteiger partial charge in [0.25, 0.3) is 5.91 Å². The Bertz CT molecular complexity index is 946. The van der Waals surface area contributed by atoms with Crippen LogP contribution in [0.15, 0.2) is 48.5 Å². The smallest absolute Gasteiger partial charge is 0.251 e. The fourth-order valence-corrected chi connectivity index (χ4v) is 3.13. The lowest BCUT2D eigenvalue weighted by molar-refractivity contribution is 0.0950. The lowest BCUT2D eigenvalue weighted by Gasteiger charge is -2.09. The van der Waals surface area contributed by atoms with Gasteiger partial charge >= 0.3 is 0 Å². The third-order valence-electron chi connectivity index (χ3n) is 4.80. The molecular formula is C22H25N3O2. The zero-order valence-corrected chi connectivity index (χ0v) is 16.2. The molecule has 1 aromatic heterocycles. The highest BCUT2D eigenvalue weighted by Crippen LogP contribution is 2.19. The molecule has 0 radical (unpaired) electrons. The van der Waals surface area contributed by atoms with E-state index >= 15 is 0 Å². The van der Waals surface area contributed by atoms with Crippen LogP contribution in [0, 0.1) is 20.8 Å². The molecule has 0 saturated heterocycles. The minimum Gasteiger partial charge on any atom is -0.496 e. The summed E-state index contributed by atoms with van der Waals surface area (Å²) < 4.78 is 7.29. The van der Waals surface area contributed by atoms with Crippen LogP contribution in [0.4, 0.5) is 0 Å². The van der Waals surface area contributed by atoms with Gasteiger partial charge < -0.3 is 10.1 Å². The molecule has 0 aliphatic heterocycles. The van der Waals surface area contributed by atoms with E-state index in [2.05, 4.69) is 22.5 Å². The van der Waals surface area contributed by atoms with Crippen molar-refractivity contribution in [3.05, 3.63) is 82.2 Å². The van der Waals surface area contributed by atoms with E-state index < -0.39 is 0 Å². The van der Waals surface area contributed by atoms with E-state index in [1.165, 1.54) is 5.56 Å². The topological polar surface area (TPSA) is 56.1 Å². The summed E-state index contributed by atoms with van der Waals surface area (Å²) in [4.78, 5) is 12.5. The molecule has 1 amide bonds. The van der Waals surface area contributed by atoms with Crippen LogP contribution in [0.3, 0.4) is 0 Å². The number of benzene rings is 2. The van der Waals surface area contributed by atoms with Crippen LogP contribution in [-0.4, -0.2) is 22.8 Å². The highest BCUT2D eigenvalue weighted by molar-refractivity contribution is 5.94. The van der Waals surface area contributed by atoms with Crippen molar-refractivity contribution in [2.24, 2.45) is 0 Å². The third-order valence-corrected chi connectivity index (χ3v) is 4.80. The quantitative estimate of drug-likeness (QED) is 0.725. The number of nitrogens with zero attached hydrogens (tertiary/aromatic N) is 2. The molecule has 0 spiro atoms. The maximum absolute atomic E-state index is 12.5. The molecule has 0 saturated carbocycles. The van der Waals surface area contributed by atoms with Gasteiger partial charge in [0.05, 0.1) is 19.3 Å². The van der Waals surface area contributed by atoms with Gasteiger partial charge in [0.2, 0.25) is 0 Å². The van der Waals surface area contributed by atoms with E-state index in [9.17, 15) is 4.79 Å². The largest absolute Gasteiger partial charge is 0.496 e. The average molecular weight is 363 g/mol. The highest BCUT2D eigenvalue weighted by atomic mass is 16.5. The molecule has 0 atom stereocenters. The molecule has 3 rings (SSSR count). The van der Waals surface area contributed by atoms with Gasteiger partial charge in [-0.3, -0.25) is 9.48 Å². The van der Waals surface area contributed by atoms with Crippen LogP contribution in [0.1, 0.15) is 38.4 Å². The summed E-state index contributed by atoms with van der Waals surface area (Å²) >= 11 is 0. The second-order valence-corrected chi connectivity index (χ2v) is 6.66. The molecule has 1 N–H and O–H groups in total. The number of aromatic nitrogens is 2. The molecule has 3 aromatic rings. The first kappa shape index (κ1) is 18.7. The normalized spacial score (nSPS) is 10.7. The average Bonchev–Trinajstić information content (AvgIpc) is 2.94. The van der Waals surface area contributed by atoms with Crippen LogP contribution < -0.4 is 10.1 Å². The Labute approximate surface area is 160 Å². The number of methoxy groups -OCH3 is 1. The monoisotopic (exact) mass is 363 g/mol. The van der Waals surface area contributed by atoms with Crippen LogP contribution >= 0.6 is 0 Å². The van der Waals surface area contributed by atoms with Crippen molar-refractivity contribution >= 4 is 5.91 Å². The number of carbonyl (C=O) groups excluding carboxylic acids is 1. The zero-order chi connectivity index (χ0) is 19.4. The van der Waals surface area contributed by atoms with Crippen molar-refractivity contribution in [1.82, 2.24) is 15.1 Å². The minimum atomic E-state index is -0.122. The molecule has 0 fully saturated rings. The summed E-state index contributed by atoms with van der Waals surface area (Å²) in [5, 5.41) is 7.64. The van der Waals surface area contributed by atoms with Gasteiger partial charge in [-0.25, -0.2) is 0 Å². The second-order valence-electron chi connectivity index (χ2n) is 6.66. The molecule has 140 valence electrons. The predicted octanol–water partition coefficient (Wildman–Crippen LogP) is 3.80. The van der Waals surface area contributed by atoms with Crippen LogP contribution in [0.2, 0.25) is 0 Å². The standard InChI is InChI=1S/C22H25N3O2/c1-15-10-11-19(12-21(15)27-4)22(26)23-13-20-16(2)24-25(17(20)3)14-18-8-6-5-7-9-18/h5-12H,13-14H2,1-4H3,(H,23,26). The molecule has 0 aliphatic rings. The Morgan fingerprint density at radius 1 is 1.11 bits per heavy atom. The number of ether oxygens (including phenoxy) is 1. The van der Waals surface area contributed by atoms with Crippen molar-refractivity contribution in [3.8, 4) is 5.75 Å². The number of nitrogens with one attached hydrogen (secondary N) is 1. The Balaban J connectivity index is 1.72. The lowest BCUT2D eigenvalue weighted by atomic mass is 10.1. The first-order valence-corrected chi connectivity index (χ1v) is 8.99. The predicted molar refractivity (Wildman–Crippen MR) is 106 cm³/mol. The van der Waals surface area contributed by atoms with Crippen molar-refractivity contribution in [2.75, 3.05) is 7.11 Å². The minimum absolute atomic E-state index is 0.122. The summed E-state index contributed by atoms with van der Waals surface area (Å²) in [6.07, 6.45) is 0. The third kappa shape index (κ3) is 4.19. The first-order chi connectivity index (χ1) is 13.0. The van der Waals surface area contributed by atoms with Crippen molar-refractivity contribution in [1.29, 1.82) is 0 Å². The maximum atomic E-state index is 12.5. The Kier molecular flexibility index (Phi) is 5.60. The van der Waals surface area contributed by atoms with Crippen molar-refractivity contribution in [2.45, 2.75) is 33.9 Å². The molecular weight excluding hydrogens is 338 g/mol. The van der Waals surface area contributed by atoms with E-state index in [0.29, 0.717) is 17.9 Å². The maximum Gasteiger partial charge on any atom is 0.251 e. The second kappa shape index (κ2) is 8.08. The SMILES string of the molecule is COc1cc(C(=O)NCc2c(C)nn(Cc3ccccc3)c2C)ccc1C. The lowest BCUT2D eigenvalue weighted by Crippen LogP contribution is -2.23. The van der Waals surface area contributed by atoms with Crippen LogP contribution in [0.5, 0.6) is 5.75 Å². The summed E-state index contributed by atoms with van der Waals surface area (Å²) in [6, 6.07) is 15.7. The van der Waals surface area contributed by atoms with Gasteiger partial charge in [0.1, 0.15) is 5.75 Å². The van der Waals surface area contributed by atoms with Crippen molar-refractivity contribution < 1.29 is 9.53 Å². The fourth-order valence-electron chi connectivity index (χ4n) is 3.13. The summed E-state index contributed by atoms with van der Waals surface area (Å²) in [5.74, 6) is 0.591. The number of hydrogen-bond donors (Lipinski definition) is 1. The molecule has 27 heavy (non-hydrogen) atoms. The van der Waals surface area contributed by atoms with E-state index in [-0.39, 0.29) is 5.91 Å². The number of amides is 1. The summed E-state index contributed by atoms with van der Waals surface area (Å²) in [6.45, 7) is 7.14. The summed E-state index contributed by atoms with van der Waals surface area (Å²) in [7, 11) is 1.61. The van der Waals surface area contributed by atoms with Gasteiger partial charge in [0, 0.05) is 23.4 Å². The van der Waals surface area contributed by atoms with Gasteiger partial charge in [-0.15, -0.1) is 0 Å². The van der Waals surface area contributed by atoms with E-state index in [1.807, 2.05) is 55.8 Å². The molecule has 5 heteroatoms. The number of hydrogen-bond acceptors (Lipinski definition) is 3.